The molecule has 1 aromatic carbocycles. The molecule has 2 aliphatic rings. The fraction of sp³-hybridized carbons (Fsp3) is 0.444. The van der Waals surface area contributed by atoms with E-state index in [-0.39, 0.29) is 5.91 Å². The summed E-state index contributed by atoms with van der Waals surface area (Å²) in [6.07, 6.45) is 6.84. The van der Waals surface area contributed by atoms with Gasteiger partial charge < -0.3 is 5.32 Å². The summed E-state index contributed by atoms with van der Waals surface area (Å²) in [6, 6.07) is 9.78. The standard InChI is InChI=1S/C18H21N3OS/c19-9-10-23-17-8-4-3-7-16(17)20-18(22)13-21-11-14-5-1-2-6-15(14)12-21/h1-4,7-8,14-15H,5-6,10-13H2,(H,20,22). The van der Waals surface area contributed by atoms with Crippen LogP contribution in [0.2, 0.25) is 0 Å². The highest BCUT2D eigenvalue weighted by Gasteiger charge is 2.33. The second-order valence-corrected chi connectivity index (χ2v) is 7.17. The molecule has 1 amide bonds. The summed E-state index contributed by atoms with van der Waals surface area (Å²) >= 11 is 1.45. The van der Waals surface area contributed by atoms with Gasteiger partial charge in [0.2, 0.25) is 5.91 Å². The van der Waals surface area contributed by atoms with Crippen molar-refractivity contribution in [2.75, 3.05) is 30.7 Å². The zero-order valence-electron chi connectivity index (χ0n) is 13.1. The number of para-hydroxylation sites is 1. The summed E-state index contributed by atoms with van der Waals surface area (Å²) in [6.45, 7) is 2.49. The van der Waals surface area contributed by atoms with Gasteiger partial charge in [-0.2, -0.15) is 5.26 Å². The number of allylic oxidation sites excluding steroid dienone is 2. The number of nitrogens with zero attached hydrogens (tertiary/aromatic N) is 2. The van der Waals surface area contributed by atoms with Crippen molar-refractivity contribution >= 4 is 23.4 Å². The summed E-state index contributed by atoms with van der Waals surface area (Å²) in [7, 11) is 0. The van der Waals surface area contributed by atoms with Crippen molar-refractivity contribution in [3.05, 3.63) is 36.4 Å². The van der Waals surface area contributed by atoms with Crippen LogP contribution in [0.1, 0.15) is 12.8 Å². The van der Waals surface area contributed by atoms with E-state index in [0.717, 1.165) is 36.5 Å². The number of thioether (sulfide) groups is 1. The smallest absolute Gasteiger partial charge is 0.238 e. The van der Waals surface area contributed by atoms with E-state index in [4.69, 9.17) is 5.26 Å². The number of carbonyl (C=O) groups excluding carboxylic acids is 1. The van der Waals surface area contributed by atoms with Crippen molar-refractivity contribution < 1.29 is 4.79 Å². The van der Waals surface area contributed by atoms with Crippen LogP contribution in [0.3, 0.4) is 0 Å². The second-order valence-electron chi connectivity index (χ2n) is 6.15. The van der Waals surface area contributed by atoms with Gasteiger partial charge in [-0.3, -0.25) is 9.69 Å². The average Bonchev–Trinajstić information content (AvgIpc) is 2.96. The molecular weight excluding hydrogens is 306 g/mol. The molecule has 2 unspecified atom stereocenters. The lowest BCUT2D eigenvalue weighted by atomic mass is 9.86. The lowest BCUT2D eigenvalue weighted by Gasteiger charge is -2.18. The zero-order valence-corrected chi connectivity index (χ0v) is 13.9. The molecule has 1 aromatic rings. The van der Waals surface area contributed by atoms with E-state index in [1.54, 1.807) is 0 Å². The number of fused-ring (bicyclic) bond motifs is 1. The fourth-order valence-corrected chi connectivity index (χ4v) is 4.11. The van der Waals surface area contributed by atoms with Gasteiger partial charge in [0.1, 0.15) is 0 Å². The van der Waals surface area contributed by atoms with Gasteiger partial charge in [0.05, 0.1) is 24.1 Å². The highest BCUT2D eigenvalue weighted by molar-refractivity contribution is 7.99. The van der Waals surface area contributed by atoms with Gasteiger partial charge in [0, 0.05) is 18.0 Å². The normalized spacial score (nSPS) is 23.3. The number of nitrogens with one attached hydrogen (secondary N) is 1. The minimum atomic E-state index is 0.0293. The molecule has 1 aliphatic heterocycles. The molecule has 1 saturated heterocycles. The molecule has 120 valence electrons. The highest BCUT2D eigenvalue weighted by atomic mass is 32.2. The molecule has 0 radical (unpaired) electrons. The summed E-state index contributed by atoms with van der Waals surface area (Å²) in [4.78, 5) is 15.6. The first-order valence-electron chi connectivity index (χ1n) is 8.02. The Morgan fingerprint density at radius 3 is 2.65 bits per heavy atom. The molecule has 2 atom stereocenters. The Labute approximate surface area is 141 Å². The maximum absolute atomic E-state index is 12.4. The molecule has 4 nitrogen and oxygen atoms in total. The summed E-state index contributed by atoms with van der Waals surface area (Å²) in [5, 5.41) is 11.7. The van der Waals surface area contributed by atoms with Gasteiger partial charge in [0.25, 0.3) is 0 Å². The molecule has 1 fully saturated rings. The summed E-state index contributed by atoms with van der Waals surface area (Å²) in [5.74, 6) is 1.84. The molecular formula is C18H21N3OS. The lowest BCUT2D eigenvalue weighted by molar-refractivity contribution is -0.117. The van der Waals surface area contributed by atoms with E-state index in [9.17, 15) is 4.79 Å². The SMILES string of the molecule is N#CCSc1ccccc1NC(=O)CN1CC2CC=CCC2C1. The number of nitriles is 1. The van der Waals surface area contributed by atoms with Crippen molar-refractivity contribution in [1.29, 1.82) is 5.26 Å². The van der Waals surface area contributed by atoms with Crippen LogP contribution in [0.15, 0.2) is 41.3 Å². The Morgan fingerprint density at radius 1 is 1.26 bits per heavy atom. The highest BCUT2D eigenvalue weighted by Crippen LogP contribution is 2.32. The fourth-order valence-electron chi connectivity index (χ4n) is 3.44. The van der Waals surface area contributed by atoms with Crippen molar-refractivity contribution in [2.24, 2.45) is 11.8 Å². The third kappa shape index (κ3) is 4.15. The number of carbonyl (C=O) groups is 1. The Balaban J connectivity index is 1.55. The van der Waals surface area contributed by atoms with Crippen LogP contribution >= 0.6 is 11.8 Å². The largest absolute Gasteiger partial charge is 0.324 e. The van der Waals surface area contributed by atoms with Gasteiger partial charge >= 0.3 is 0 Å². The monoisotopic (exact) mass is 327 g/mol. The van der Waals surface area contributed by atoms with Gasteiger partial charge in [0.15, 0.2) is 0 Å². The molecule has 0 spiro atoms. The summed E-state index contributed by atoms with van der Waals surface area (Å²) in [5.41, 5.74) is 0.802. The first kappa shape index (κ1) is 16.1. The first-order chi connectivity index (χ1) is 11.3. The van der Waals surface area contributed by atoms with E-state index in [0.29, 0.717) is 24.1 Å². The first-order valence-corrected chi connectivity index (χ1v) is 9.01. The molecule has 1 N–H and O–H groups in total. The topological polar surface area (TPSA) is 56.1 Å². The molecule has 1 aliphatic carbocycles. The van der Waals surface area contributed by atoms with Crippen LogP contribution < -0.4 is 5.32 Å². The van der Waals surface area contributed by atoms with E-state index < -0.39 is 0 Å². The van der Waals surface area contributed by atoms with E-state index >= 15 is 0 Å². The number of likely N-dealkylation sites (tertiary alicyclic amines) is 1. The average molecular weight is 327 g/mol. The van der Waals surface area contributed by atoms with Gasteiger partial charge in [-0.05, 0) is 36.8 Å². The van der Waals surface area contributed by atoms with Crippen LogP contribution in [0.25, 0.3) is 0 Å². The molecule has 0 aromatic heterocycles. The Morgan fingerprint density at radius 2 is 1.96 bits per heavy atom. The number of hydrogen-bond acceptors (Lipinski definition) is 4. The van der Waals surface area contributed by atoms with Crippen LogP contribution in [-0.2, 0) is 4.79 Å². The molecule has 0 bridgehead atoms. The van der Waals surface area contributed by atoms with E-state index in [2.05, 4.69) is 28.4 Å². The molecule has 23 heavy (non-hydrogen) atoms. The van der Waals surface area contributed by atoms with E-state index in [1.807, 2.05) is 24.3 Å². The Kier molecular flexibility index (Phi) is 5.37. The van der Waals surface area contributed by atoms with Gasteiger partial charge in [-0.1, -0.05) is 24.3 Å². The lowest BCUT2D eigenvalue weighted by Crippen LogP contribution is -2.32. The number of rotatable bonds is 5. The quantitative estimate of drug-likeness (QED) is 0.667. The van der Waals surface area contributed by atoms with Crippen LogP contribution in [0, 0.1) is 23.2 Å². The van der Waals surface area contributed by atoms with Crippen LogP contribution in [0.5, 0.6) is 0 Å². The Bertz CT molecular complexity index is 621. The minimum absolute atomic E-state index is 0.0293. The minimum Gasteiger partial charge on any atom is -0.324 e. The third-order valence-electron chi connectivity index (χ3n) is 4.52. The molecule has 5 heteroatoms. The maximum atomic E-state index is 12.4. The predicted molar refractivity (Wildman–Crippen MR) is 93.2 cm³/mol. The van der Waals surface area contributed by atoms with Crippen LogP contribution in [-0.4, -0.2) is 36.2 Å². The maximum Gasteiger partial charge on any atom is 0.238 e. The summed E-state index contributed by atoms with van der Waals surface area (Å²) < 4.78 is 0. The second kappa shape index (κ2) is 7.67. The zero-order chi connectivity index (χ0) is 16.1. The van der Waals surface area contributed by atoms with Gasteiger partial charge in [-0.15, -0.1) is 11.8 Å². The predicted octanol–water partition coefficient (Wildman–Crippen LogP) is 3.14. The van der Waals surface area contributed by atoms with Gasteiger partial charge in [-0.25, -0.2) is 0 Å². The Hall–Kier alpha value is -1.77. The van der Waals surface area contributed by atoms with E-state index in [1.165, 1.54) is 11.8 Å². The number of amides is 1. The van der Waals surface area contributed by atoms with Crippen molar-refractivity contribution in [2.45, 2.75) is 17.7 Å². The van der Waals surface area contributed by atoms with Crippen molar-refractivity contribution in [3.8, 4) is 6.07 Å². The van der Waals surface area contributed by atoms with Crippen LogP contribution in [0.4, 0.5) is 5.69 Å². The third-order valence-corrected chi connectivity index (χ3v) is 5.46. The molecule has 1 heterocycles. The van der Waals surface area contributed by atoms with Crippen molar-refractivity contribution in [3.63, 3.8) is 0 Å². The molecule has 3 rings (SSSR count). The van der Waals surface area contributed by atoms with Crippen molar-refractivity contribution in [1.82, 2.24) is 4.90 Å². The number of benzene rings is 1. The number of anilines is 1. The molecule has 0 saturated carbocycles. The number of hydrogen-bond donors (Lipinski definition) is 1.